The zero-order valence-corrected chi connectivity index (χ0v) is 20.1. The summed E-state index contributed by atoms with van der Waals surface area (Å²) >= 11 is 0. The number of H-pyrrole nitrogens is 1. The maximum Gasteiger partial charge on any atom is 0.320 e. The van der Waals surface area contributed by atoms with Crippen LogP contribution in [0.5, 0.6) is 6.01 Å². The number of piperazine rings is 1. The summed E-state index contributed by atoms with van der Waals surface area (Å²) in [4.78, 5) is 17.9. The number of hydrogen-bond donors (Lipinski definition) is 1. The van der Waals surface area contributed by atoms with Crippen molar-refractivity contribution in [2.24, 2.45) is 0 Å². The smallest absolute Gasteiger partial charge is 0.320 e. The first-order chi connectivity index (χ1) is 17.4. The molecule has 1 saturated heterocycles. The van der Waals surface area contributed by atoms with Crippen LogP contribution in [-0.4, -0.2) is 62.8 Å². The van der Waals surface area contributed by atoms with Crippen LogP contribution < -0.4 is 9.64 Å². The first kappa shape index (κ1) is 23.2. The van der Waals surface area contributed by atoms with Crippen LogP contribution in [0.1, 0.15) is 12.0 Å². The third-order valence-electron chi connectivity index (χ3n) is 6.56. The average Bonchev–Trinajstić information content (AvgIpc) is 3.36. The molecule has 4 aromatic rings. The molecule has 0 radical (unpaired) electrons. The molecule has 0 saturated carbocycles. The Kier molecular flexibility index (Phi) is 5.98. The standard InChI is InChI=1S/C26H25FN8O/c1-15-5-7-21-20(13-29-33-21)23(15)22-8-6-19-24(30-22)31-26(36-4)32-25(19)34-11-12-35(17(3)16(2)27)18(14-34)9-10-28/h5-8,13,18H,2-3,9,11-12,14H2,1,4H3,(H,29,33)/t18-/m0/s1. The molecule has 4 heterocycles. The Labute approximate surface area is 207 Å². The van der Waals surface area contributed by atoms with E-state index in [1.54, 1.807) is 11.1 Å². The molecule has 182 valence electrons. The van der Waals surface area contributed by atoms with Gasteiger partial charge in [0, 0.05) is 30.6 Å². The monoisotopic (exact) mass is 484 g/mol. The Balaban J connectivity index is 1.58. The van der Waals surface area contributed by atoms with E-state index in [9.17, 15) is 9.65 Å². The van der Waals surface area contributed by atoms with Gasteiger partial charge in [-0.3, -0.25) is 5.10 Å². The maximum absolute atomic E-state index is 13.8. The molecule has 0 unspecified atom stereocenters. The third-order valence-corrected chi connectivity index (χ3v) is 6.56. The molecule has 1 fully saturated rings. The predicted octanol–water partition coefficient (Wildman–Crippen LogP) is 4.29. The lowest BCUT2D eigenvalue weighted by atomic mass is 10.0. The fraction of sp³-hybridized carbons (Fsp3) is 0.269. The summed E-state index contributed by atoms with van der Waals surface area (Å²) in [6.45, 7) is 10.7. The van der Waals surface area contributed by atoms with Crippen LogP contribution >= 0.6 is 0 Å². The third kappa shape index (κ3) is 3.98. The largest absolute Gasteiger partial charge is 0.467 e. The molecule has 0 bridgehead atoms. The summed E-state index contributed by atoms with van der Waals surface area (Å²) < 4.78 is 19.2. The number of nitriles is 1. The summed E-state index contributed by atoms with van der Waals surface area (Å²) in [5, 5.41) is 18.3. The topological polar surface area (TPSA) is 107 Å². The predicted molar refractivity (Wildman–Crippen MR) is 136 cm³/mol. The van der Waals surface area contributed by atoms with Gasteiger partial charge in [0.25, 0.3) is 0 Å². The second-order valence-electron chi connectivity index (χ2n) is 8.70. The quantitative estimate of drug-likeness (QED) is 0.404. The highest BCUT2D eigenvalue weighted by molar-refractivity contribution is 5.97. The first-order valence-electron chi connectivity index (χ1n) is 11.5. The minimum atomic E-state index is -0.597. The molecule has 1 atom stereocenters. The highest BCUT2D eigenvalue weighted by Gasteiger charge is 2.31. The summed E-state index contributed by atoms with van der Waals surface area (Å²) in [6, 6.07) is 10.1. The number of halogens is 1. The van der Waals surface area contributed by atoms with Gasteiger partial charge in [0.05, 0.1) is 54.1 Å². The van der Waals surface area contributed by atoms with Crippen LogP contribution in [0.25, 0.3) is 33.2 Å². The summed E-state index contributed by atoms with van der Waals surface area (Å²) in [6.07, 6.45) is 2.00. The molecule has 3 aromatic heterocycles. The number of allylic oxidation sites excluding steroid dienone is 1. The van der Waals surface area contributed by atoms with E-state index >= 15 is 0 Å². The van der Waals surface area contributed by atoms with Crippen molar-refractivity contribution in [2.45, 2.75) is 19.4 Å². The van der Waals surface area contributed by atoms with E-state index in [0.717, 1.165) is 33.1 Å². The Hall–Kier alpha value is -4.52. The van der Waals surface area contributed by atoms with E-state index in [0.29, 0.717) is 31.1 Å². The molecule has 0 amide bonds. The number of pyridine rings is 1. The van der Waals surface area contributed by atoms with Crippen LogP contribution in [0.3, 0.4) is 0 Å². The van der Waals surface area contributed by atoms with E-state index in [2.05, 4.69) is 44.3 Å². The minimum absolute atomic E-state index is 0.196. The molecule has 1 aliphatic rings. The maximum atomic E-state index is 13.8. The van der Waals surface area contributed by atoms with Gasteiger partial charge in [-0.1, -0.05) is 19.2 Å². The van der Waals surface area contributed by atoms with Gasteiger partial charge in [0.2, 0.25) is 0 Å². The van der Waals surface area contributed by atoms with Crippen LogP contribution in [0.15, 0.2) is 55.1 Å². The van der Waals surface area contributed by atoms with Crippen molar-refractivity contribution in [1.82, 2.24) is 30.0 Å². The van der Waals surface area contributed by atoms with Crippen LogP contribution in [0, 0.1) is 18.3 Å². The van der Waals surface area contributed by atoms with E-state index in [1.807, 2.05) is 31.2 Å². The van der Waals surface area contributed by atoms with Gasteiger partial charge in [-0.05, 0) is 30.7 Å². The molecular formula is C26H25FN8O. The van der Waals surface area contributed by atoms with Gasteiger partial charge in [-0.2, -0.15) is 20.3 Å². The zero-order chi connectivity index (χ0) is 25.4. The Bertz CT molecular complexity index is 1540. The average molecular weight is 485 g/mol. The van der Waals surface area contributed by atoms with Crippen molar-refractivity contribution in [1.29, 1.82) is 5.26 Å². The van der Waals surface area contributed by atoms with Gasteiger partial charge in [0.15, 0.2) is 5.65 Å². The van der Waals surface area contributed by atoms with Crippen LogP contribution in [0.4, 0.5) is 10.2 Å². The number of benzene rings is 1. The molecule has 9 nitrogen and oxygen atoms in total. The first-order valence-corrected chi connectivity index (χ1v) is 11.5. The van der Waals surface area contributed by atoms with Crippen molar-refractivity contribution in [3.8, 4) is 23.3 Å². The Morgan fingerprint density at radius 2 is 2.03 bits per heavy atom. The summed E-state index contributed by atoms with van der Waals surface area (Å²) in [7, 11) is 1.51. The lowest BCUT2D eigenvalue weighted by Gasteiger charge is -2.43. The molecule has 36 heavy (non-hydrogen) atoms. The lowest BCUT2D eigenvalue weighted by molar-refractivity contribution is 0.227. The molecule has 5 rings (SSSR count). The molecule has 0 aliphatic carbocycles. The van der Waals surface area contributed by atoms with Crippen molar-refractivity contribution in [2.75, 3.05) is 31.6 Å². The van der Waals surface area contributed by atoms with Crippen molar-refractivity contribution in [3.05, 3.63) is 60.7 Å². The summed E-state index contributed by atoms with van der Waals surface area (Å²) in [5.74, 6) is 0.0571. The van der Waals surface area contributed by atoms with Crippen LogP contribution in [-0.2, 0) is 0 Å². The normalized spacial score (nSPS) is 15.8. The summed E-state index contributed by atoms with van der Waals surface area (Å²) in [5.41, 5.74) is 4.45. The number of ether oxygens (including phenoxy) is 1. The van der Waals surface area contributed by atoms with E-state index in [4.69, 9.17) is 9.72 Å². The molecular weight excluding hydrogens is 459 g/mol. The molecule has 10 heteroatoms. The molecule has 1 aliphatic heterocycles. The van der Waals surface area contributed by atoms with Gasteiger partial charge in [-0.15, -0.1) is 0 Å². The second kappa shape index (κ2) is 9.26. The van der Waals surface area contributed by atoms with Gasteiger partial charge in [0.1, 0.15) is 11.6 Å². The Morgan fingerprint density at radius 1 is 1.19 bits per heavy atom. The van der Waals surface area contributed by atoms with Gasteiger partial charge in [-0.25, -0.2) is 9.37 Å². The van der Waals surface area contributed by atoms with Crippen molar-refractivity contribution >= 4 is 27.8 Å². The fourth-order valence-corrected chi connectivity index (χ4v) is 4.75. The highest BCUT2D eigenvalue weighted by Crippen LogP contribution is 2.34. The minimum Gasteiger partial charge on any atom is -0.467 e. The van der Waals surface area contributed by atoms with Gasteiger partial charge < -0.3 is 14.5 Å². The van der Waals surface area contributed by atoms with E-state index in [1.165, 1.54) is 7.11 Å². The molecule has 1 N–H and O–H groups in total. The number of aromatic amines is 1. The number of anilines is 1. The number of rotatable bonds is 6. The number of aromatic nitrogens is 5. The molecule has 1 aromatic carbocycles. The van der Waals surface area contributed by atoms with Gasteiger partial charge >= 0.3 is 6.01 Å². The highest BCUT2D eigenvalue weighted by atomic mass is 19.1. The number of methoxy groups -OCH3 is 1. The second-order valence-corrected chi connectivity index (χ2v) is 8.70. The van der Waals surface area contributed by atoms with E-state index in [-0.39, 0.29) is 24.2 Å². The van der Waals surface area contributed by atoms with Crippen LogP contribution in [0.2, 0.25) is 0 Å². The number of nitrogens with zero attached hydrogens (tertiary/aromatic N) is 7. The SMILES string of the molecule is C=C(F)C(=C)N1CCN(c2nc(OC)nc3nc(-c4c(C)ccc5[nH]ncc45)ccc23)C[C@@H]1CC#N. The van der Waals surface area contributed by atoms with E-state index < -0.39 is 5.83 Å². The number of aryl methyl sites for hydroxylation is 1. The Morgan fingerprint density at radius 3 is 2.78 bits per heavy atom. The van der Waals surface area contributed by atoms with Crippen molar-refractivity contribution in [3.63, 3.8) is 0 Å². The molecule has 0 spiro atoms. The lowest BCUT2D eigenvalue weighted by Crippen LogP contribution is -2.52. The number of hydrogen-bond acceptors (Lipinski definition) is 8. The zero-order valence-electron chi connectivity index (χ0n) is 20.1. The van der Waals surface area contributed by atoms with Crippen molar-refractivity contribution < 1.29 is 9.13 Å². The number of fused-ring (bicyclic) bond motifs is 2. The number of nitrogens with one attached hydrogen (secondary N) is 1. The fourth-order valence-electron chi connectivity index (χ4n) is 4.75.